The Balaban J connectivity index is 1.70. The van der Waals surface area contributed by atoms with Crippen molar-refractivity contribution in [1.82, 2.24) is 15.4 Å². The van der Waals surface area contributed by atoms with Gasteiger partial charge in [0.1, 0.15) is 16.8 Å². The van der Waals surface area contributed by atoms with E-state index in [-0.39, 0.29) is 29.5 Å². The number of sulfonamides is 1. The van der Waals surface area contributed by atoms with Gasteiger partial charge in [-0.2, -0.15) is 12.6 Å². The van der Waals surface area contributed by atoms with Crippen LogP contribution in [0.1, 0.15) is 44.6 Å². The molecule has 2 amide bonds. The Labute approximate surface area is 229 Å². The summed E-state index contributed by atoms with van der Waals surface area (Å²) in [5.41, 5.74) is 0.622. The molecule has 2 aromatic carbocycles. The van der Waals surface area contributed by atoms with E-state index in [4.69, 9.17) is 0 Å². The lowest BCUT2D eigenvalue weighted by atomic mass is 9.80. The summed E-state index contributed by atoms with van der Waals surface area (Å²) in [7, 11) is -4.63. The number of aliphatic hydroxyl groups excluding tert-OH is 1. The third-order valence-corrected chi connectivity index (χ3v) is 8.61. The zero-order chi connectivity index (χ0) is 27.7. The number of hydrogen-bond donors (Lipinski definition) is 5. The zero-order valence-corrected chi connectivity index (χ0v) is 23.2. The average molecular weight is 566 g/mol. The quantitative estimate of drug-likeness (QED) is 0.199. The number of halogens is 1. The van der Waals surface area contributed by atoms with Crippen LogP contribution >= 0.6 is 12.6 Å². The third kappa shape index (κ3) is 7.78. The number of carbonyl (C=O) groups excluding carboxylic acids is 2. The summed E-state index contributed by atoms with van der Waals surface area (Å²) < 4.78 is 43.5. The Morgan fingerprint density at radius 1 is 1.05 bits per heavy atom. The maximum absolute atomic E-state index is 15.6. The molecular formula is C27H36FN3O5S2. The van der Waals surface area contributed by atoms with E-state index in [0.29, 0.717) is 30.3 Å². The molecule has 38 heavy (non-hydrogen) atoms. The minimum Gasteiger partial charge on any atom is -0.384 e. The van der Waals surface area contributed by atoms with Gasteiger partial charge in [0.05, 0.1) is 0 Å². The van der Waals surface area contributed by atoms with Crippen LogP contribution in [0.25, 0.3) is 11.1 Å². The predicted octanol–water partition coefficient (Wildman–Crippen LogP) is 3.01. The Bertz CT molecular complexity index is 1200. The minimum absolute atomic E-state index is 0.00225. The zero-order valence-electron chi connectivity index (χ0n) is 21.5. The first kappa shape index (κ1) is 30.1. The molecule has 2 aromatic rings. The van der Waals surface area contributed by atoms with Crippen molar-refractivity contribution in [3.8, 4) is 11.1 Å². The highest BCUT2D eigenvalue weighted by Gasteiger charge is 2.30. The van der Waals surface area contributed by atoms with Gasteiger partial charge in [-0.05, 0) is 31.2 Å². The molecule has 2 atom stereocenters. The van der Waals surface area contributed by atoms with Crippen LogP contribution < -0.4 is 15.4 Å². The molecule has 0 bridgehead atoms. The number of hydrogen-bond acceptors (Lipinski definition) is 7. The van der Waals surface area contributed by atoms with Crippen molar-refractivity contribution in [2.24, 2.45) is 11.8 Å². The van der Waals surface area contributed by atoms with Crippen molar-refractivity contribution >= 4 is 34.5 Å². The van der Waals surface area contributed by atoms with Crippen LogP contribution in [-0.4, -0.2) is 50.3 Å². The molecule has 0 heterocycles. The van der Waals surface area contributed by atoms with Crippen molar-refractivity contribution < 1.29 is 27.5 Å². The molecule has 4 N–H and O–H groups in total. The molecule has 208 valence electrons. The monoisotopic (exact) mass is 565 g/mol. The molecule has 1 aliphatic carbocycles. The Hall–Kier alpha value is -2.47. The van der Waals surface area contributed by atoms with E-state index < -0.39 is 32.7 Å². The van der Waals surface area contributed by atoms with Gasteiger partial charge in [-0.25, -0.2) is 17.5 Å². The lowest BCUT2D eigenvalue weighted by molar-refractivity contribution is -0.127. The Kier molecular flexibility index (Phi) is 11.1. The molecule has 8 nitrogen and oxygen atoms in total. The Morgan fingerprint density at radius 2 is 1.74 bits per heavy atom. The number of thiol groups is 1. The van der Waals surface area contributed by atoms with Crippen LogP contribution in [-0.2, 0) is 26.2 Å². The van der Waals surface area contributed by atoms with E-state index in [0.717, 1.165) is 32.6 Å². The number of rotatable bonds is 12. The SMILES string of the molecule is C[C@H](O)C(=O)NS(=O)(=O)c1c(-c2ccccc2)ccc(CNCCNC(=O)[C@@H](CS)C2CCCCC2)c1F. The maximum atomic E-state index is 15.6. The third-order valence-electron chi connectivity index (χ3n) is 6.81. The average Bonchev–Trinajstić information content (AvgIpc) is 2.90. The molecule has 0 radical (unpaired) electrons. The molecule has 0 spiro atoms. The highest BCUT2D eigenvalue weighted by molar-refractivity contribution is 7.90. The molecule has 1 saturated carbocycles. The summed E-state index contributed by atoms with van der Waals surface area (Å²) in [6.07, 6.45) is 3.97. The van der Waals surface area contributed by atoms with Crippen molar-refractivity contribution in [3.05, 3.63) is 53.8 Å². The largest absolute Gasteiger partial charge is 0.384 e. The molecule has 0 saturated heterocycles. The van der Waals surface area contributed by atoms with Gasteiger partial charge in [0.25, 0.3) is 15.9 Å². The fraction of sp³-hybridized carbons (Fsp3) is 0.481. The van der Waals surface area contributed by atoms with E-state index in [1.165, 1.54) is 18.6 Å². The lowest BCUT2D eigenvalue weighted by Gasteiger charge is -2.28. The van der Waals surface area contributed by atoms with E-state index in [1.807, 2.05) is 0 Å². The van der Waals surface area contributed by atoms with E-state index in [1.54, 1.807) is 35.1 Å². The second-order valence-corrected chi connectivity index (χ2v) is 11.6. The van der Waals surface area contributed by atoms with E-state index in [9.17, 15) is 23.1 Å². The number of aliphatic hydroxyl groups is 1. The second kappa shape index (κ2) is 14.1. The van der Waals surface area contributed by atoms with Gasteiger partial charge < -0.3 is 15.7 Å². The van der Waals surface area contributed by atoms with Crippen LogP contribution in [0.3, 0.4) is 0 Å². The predicted molar refractivity (Wildman–Crippen MR) is 147 cm³/mol. The minimum atomic E-state index is -4.63. The molecule has 11 heteroatoms. The van der Waals surface area contributed by atoms with Gasteiger partial charge in [0.2, 0.25) is 5.91 Å². The van der Waals surface area contributed by atoms with Crippen molar-refractivity contribution in [2.75, 3.05) is 18.8 Å². The first-order valence-electron chi connectivity index (χ1n) is 12.9. The van der Waals surface area contributed by atoms with Crippen molar-refractivity contribution in [3.63, 3.8) is 0 Å². The van der Waals surface area contributed by atoms with Crippen LogP contribution in [0.2, 0.25) is 0 Å². The first-order valence-corrected chi connectivity index (χ1v) is 15.0. The fourth-order valence-electron chi connectivity index (χ4n) is 4.72. The number of amides is 2. The highest BCUT2D eigenvalue weighted by atomic mass is 32.2. The summed E-state index contributed by atoms with van der Waals surface area (Å²) in [4.78, 5) is 23.9. The molecule has 0 aromatic heterocycles. The number of benzene rings is 2. The van der Waals surface area contributed by atoms with Crippen LogP contribution in [0.5, 0.6) is 0 Å². The van der Waals surface area contributed by atoms with Gasteiger partial charge in [-0.1, -0.05) is 61.7 Å². The van der Waals surface area contributed by atoms with Crippen molar-refractivity contribution in [1.29, 1.82) is 0 Å². The molecule has 1 fully saturated rings. The fourth-order valence-corrected chi connectivity index (χ4v) is 6.56. The van der Waals surface area contributed by atoms with E-state index in [2.05, 4.69) is 23.3 Å². The summed E-state index contributed by atoms with van der Waals surface area (Å²) in [5, 5.41) is 15.4. The lowest BCUT2D eigenvalue weighted by Crippen LogP contribution is -2.40. The maximum Gasteiger partial charge on any atom is 0.267 e. The summed E-state index contributed by atoms with van der Waals surface area (Å²) in [6.45, 7) is 1.79. The number of carbonyl (C=O) groups is 2. The van der Waals surface area contributed by atoms with Gasteiger partial charge in [-0.3, -0.25) is 9.59 Å². The number of nitrogens with one attached hydrogen (secondary N) is 3. The normalized spacial score (nSPS) is 16.0. The summed E-state index contributed by atoms with van der Waals surface area (Å²) >= 11 is 4.38. The Morgan fingerprint density at radius 3 is 2.37 bits per heavy atom. The molecule has 0 aliphatic heterocycles. The van der Waals surface area contributed by atoms with Gasteiger partial charge in [0.15, 0.2) is 0 Å². The molecular weight excluding hydrogens is 529 g/mol. The van der Waals surface area contributed by atoms with Crippen LogP contribution in [0, 0.1) is 17.7 Å². The van der Waals surface area contributed by atoms with Gasteiger partial charge in [0, 0.05) is 42.4 Å². The van der Waals surface area contributed by atoms with Gasteiger partial charge >= 0.3 is 0 Å². The second-order valence-electron chi connectivity index (χ2n) is 9.58. The first-order chi connectivity index (χ1) is 18.2. The van der Waals surface area contributed by atoms with Gasteiger partial charge in [-0.15, -0.1) is 0 Å². The summed E-state index contributed by atoms with van der Waals surface area (Å²) in [5.74, 6) is -1.48. The standard InChI is InChI=1S/C27H36FN3O5S2/c1-18(32)26(33)31-38(35,36)25-22(19-8-4-2-5-9-19)13-12-21(24(25)28)16-29-14-15-30-27(34)23(17-37)20-10-6-3-7-11-20/h2,4-5,8-9,12-13,18,20,23,29,32,37H,3,6-7,10-11,14-17H2,1H3,(H,30,34)(H,31,33)/t18-,23-/m0/s1. The highest BCUT2D eigenvalue weighted by Crippen LogP contribution is 2.32. The molecule has 3 rings (SSSR count). The summed E-state index contributed by atoms with van der Waals surface area (Å²) in [6, 6.07) is 11.4. The smallest absolute Gasteiger partial charge is 0.267 e. The van der Waals surface area contributed by atoms with E-state index >= 15 is 4.39 Å². The van der Waals surface area contributed by atoms with Crippen molar-refractivity contribution in [2.45, 2.75) is 56.6 Å². The van der Waals surface area contributed by atoms with Crippen LogP contribution in [0.4, 0.5) is 4.39 Å². The topological polar surface area (TPSA) is 125 Å². The molecule has 0 unspecified atom stereocenters. The molecule has 1 aliphatic rings. The van der Waals surface area contributed by atoms with Crippen LogP contribution in [0.15, 0.2) is 47.4 Å².